The molecule has 110 valence electrons. The van der Waals surface area contributed by atoms with Crippen LogP contribution < -0.4 is 11.1 Å². The molecule has 0 saturated heterocycles. The summed E-state index contributed by atoms with van der Waals surface area (Å²) in [5.41, 5.74) is 8.06. The summed E-state index contributed by atoms with van der Waals surface area (Å²) in [6.07, 6.45) is 3.39. The number of nitrogens with zero attached hydrogens (tertiary/aromatic N) is 1. The molecule has 0 spiro atoms. The second-order valence-corrected chi connectivity index (χ2v) is 5.15. The van der Waals surface area contributed by atoms with Crippen LogP contribution in [0.15, 0.2) is 30.5 Å². The summed E-state index contributed by atoms with van der Waals surface area (Å²) in [4.78, 5) is 15.3. The van der Waals surface area contributed by atoms with E-state index in [1.165, 1.54) is 0 Å². The molecule has 21 heavy (non-hydrogen) atoms. The lowest BCUT2D eigenvalue weighted by atomic mass is 10.0. The van der Waals surface area contributed by atoms with Gasteiger partial charge in [-0.3, -0.25) is 4.79 Å². The van der Waals surface area contributed by atoms with Crippen LogP contribution in [0.3, 0.4) is 0 Å². The van der Waals surface area contributed by atoms with Crippen LogP contribution in [0.4, 0.5) is 0 Å². The number of rotatable bonds is 6. The molecule has 0 bridgehead atoms. The standard InChI is InChI=1S/C16H20N4O/c1-2-12(7-8-17)20-16(21)14(18)9-11-10-19-15-6-4-3-5-13(11)15/h3-6,10,12,14,19H,2,7,9,18H2,1H3,(H,20,21). The van der Waals surface area contributed by atoms with Crippen molar-refractivity contribution >= 4 is 16.8 Å². The molecule has 0 saturated carbocycles. The fourth-order valence-corrected chi connectivity index (χ4v) is 2.35. The molecule has 1 heterocycles. The minimum absolute atomic E-state index is 0.128. The van der Waals surface area contributed by atoms with E-state index in [4.69, 9.17) is 11.0 Å². The van der Waals surface area contributed by atoms with Crippen molar-refractivity contribution in [2.24, 2.45) is 5.73 Å². The summed E-state index contributed by atoms with van der Waals surface area (Å²) in [6, 6.07) is 9.26. The van der Waals surface area contributed by atoms with Gasteiger partial charge >= 0.3 is 0 Å². The number of aromatic nitrogens is 1. The van der Waals surface area contributed by atoms with Crippen molar-refractivity contribution in [3.05, 3.63) is 36.0 Å². The number of hydrogen-bond donors (Lipinski definition) is 3. The first-order valence-corrected chi connectivity index (χ1v) is 7.13. The first-order chi connectivity index (χ1) is 10.2. The van der Waals surface area contributed by atoms with E-state index in [1.807, 2.05) is 37.4 Å². The molecule has 1 aromatic carbocycles. The zero-order valence-corrected chi connectivity index (χ0v) is 12.1. The van der Waals surface area contributed by atoms with Crippen LogP contribution in [0, 0.1) is 11.3 Å². The minimum Gasteiger partial charge on any atom is -0.361 e. The van der Waals surface area contributed by atoms with Crippen LogP contribution in [-0.4, -0.2) is 23.0 Å². The van der Waals surface area contributed by atoms with Crippen molar-refractivity contribution in [1.29, 1.82) is 5.26 Å². The minimum atomic E-state index is -0.614. The molecule has 0 fully saturated rings. The van der Waals surface area contributed by atoms with Gasteiger partial charge in [0.2, 0.25) is 5.91 Å². The third-order valence-electron chi connectivity index (χ3n) is 3.63. The molecule has 2 atom stereocenters. The number of nitriles is 1. The maximum absolute atomic E-state index is 12.1. The van der Waals surface area contributed by atoms with Crippen molar-refractivity contribution in [2.75, 3.05) is 0 Å². The molecule has 2 unspecified atom stereocenters. The highest BCUT2D eigenvalue weighted by Gasteiger charge is 2.18. The Balaban J connectivity index is 2.02. The Bertz CT molecular complexity index is 656. The van der Waals surface area contributed by atoms with E-state index in [1.54, 1.807) is 0 Å². The van der Waals surface area contributed by atoms with Crippen molar-refractivity contribution in [3.63, 3.8) is 0 Å². The third-order valence-corrected chi connectivity index (χ3v) is 3.63. The van der Waals surface area contributed by atoms with Crippen LogP contribution in [0.2, 0.25) is 0 Å². The maximum Gasteiger partial charge on any atom is 0.237 e. The van der Waals surface area contributed by atoms with Crippen LogP contribution in [-0.2, 0) is 11.2 Å². The Morgan fingerprint density at radius 2 is 2.24 bits per heavy atom. The Labute approximate surface area is 124 Å². The predicted molar refractivity (Wildman–Crippen MR) is 82.4 cm³/mol. The summed E-state index contributed by atoms with van der Waals surface area (Å²) in [5, 5.41) is 12.6. The third kappa shape index (κ3) is 3.61. The fraction of sp³-hybridized carbons (Fsp3) is 0.375. The molecule has 0 aliphatic rings. The summed E-state index contributed by atoms with van der Waals surface area (Å²) in [7, 11) is 0. The van der Waals surface area contributed by atoms with Gasteiger partial charge in [0.05, 0.1) is 18.5 Å². The first kappa shape index (κ1) is 15.1. The van der Waals surface area contributed by atoms with Crippen LogP contribution in [0.5, 0.6) is 0 Å². The number of nitrogens with two attached hydrogens (primary N) is 1. The zero-order valence-electron chi connectivity index (χ0n) is 12.1. The Kier molecular flexibility index (Phi) is 4.96. The average molecular weight is 284 g/mol. The van der Waals surface area contributed by atoms with Crippen LogP contribution in [0.1, 0.15) is 25.3 Å². The molecule has 2 aromatic rings. The summed E-state index contributed by atoms with van der Waals surface area (Å²) in [6.45, 7) is 1.94. The smallest absolute Gasteiger partial charge is 0.237 e. The van der Waals surface area contributed by atoms with E-state index >= 15 is 0 Å². The summed E-state index contributed by atoms with van der Waals surface area (Å²) in [5.74, 6) is -0.206. The summed E-state index contributed by atoms with van der Waals surface area (Å²) >= 11 is 0. The van der Waals surface area contributed by atoms with Gasteiger partial charge in [-0.1, -0.05) is 25.1 Å². The number of hydrogen-bond acceptors (Lipinski definition) is 3. The Morgan fingerprint density at radius 3 is 2.95 bits per heavy atom. The van der Waals surface area contributed by atoms with Gasteiger partial charge in [0.1, 0.15) is 0 Å². The van der Waals surface area contributed by atoms with Gasteiger partial charge in [-0.05, 0) is 24.5 Å². The monoisotopic (exact) mass is 284 g/mol. The molecule has 1 aromatic heterocycles. The van der Waals surface area contributed by atoms with Gasteiger partial charge in [-0.2, -0.15) is 5.26 Å². The van der Waals surface area contributed by atoms with Crippen molar-refractivity contribution in [2.45, 2.75) is 38.3 Å². The van der Waals surface area contributed by atoms with E-state index in [0.29, 0.717) is 12.8 Å². The molecular weight excluding hydrogens is 264 g/mol. The Hall–Kier alpha value is -2.32. The first-order valence-electron chi connectivity index (χ1n) is 7.13. The van der Waals surface area contributed by atoms with E-state index in [-0.39, 0.29) is 11.9 Å². The number of fused-ring (bicyclic) bond motifs is 1. The highest BCUT2D eigenvalue weighted by molar-refractivity contribution is 5.86. The largest absolute Gasteiger partial charge is 0.361 e. The SMILES string of the molecule is CCC(CC#N)NC(=O)C(N)Cc1c[nH]c2ccccc12. The fourth-order valence-electron chi connectivity index (χ4n) is 2.35. The van der Waals surface area contributed by atoms with Gasteiger partial charge in [0.15, 0.2) is 0 Å². The molecule has 5 heteroatoms. The molecule has 0 radical (unpaired) electrons. The van der Waals surface area contributed by atoms with Crippen molar-refractivity contribution in [3.8, 4) is 6.07 Å². The van der Waals surface area contributed by atoms with Crippen molar-refractivity contribution < 1.29 is 4.79 Å². The zero-order chi connectivity index (χ0) is 15.2. The van der Waals surface area contributed by atoms with Gasteiger partial charge in [0.25, 0.3) is 0 Å². The number of benzene rings is 1. The number of aromatic amines is 1. The lowest BCUT2D eigenvalue weighted by molar-refractivity contribution is -0.123. The van der Waals surface area contributed by atoms with Gasteiger partial charge in [0, 0.05) is 23.1 Å². The maximum atomic E-state index is 12.1. The van der Waals surface area contributed by atoms with E-state index in [9.17, 15) is 4.79 Å². The lowest BCUT2D eigenvalue weighted by Crippen LogP contribution is -2.46. The molecule has 2 rings (SSSR count). The topological polar surface area (TPSA) is 94.7 Å². The highest BCUT2D eigenvalue weighted by Crippen LogP contribution is 2.18. The highest BCUT2D eigenvalue weighted by atomic mass is 16.2. The van der Waals surface area contributed by atoms with E-state index in [2.05, 4.69) is 16.4 Å². The van der Waals surface area contributed by atoms with Crippen LogP contribution in [0.25, 0.3) is 10.9 Å². The molecule has 0 aliphatic heterocycles. The van der Waals surface area contributed by atoms with E-state index < -0.39 is 6.04 Å². The number of H-pyrrole nitrogens is 1. The average Bonchev–Trinajstić information content (AvgIpc) is 2.90. The number of para-hydroxylation sites is 1. The number of nitrogens with one attached hydrogen (secondary N) is 2. The number of amides is 1. The number of carbonyl (C=O) groups excluding carboxylic acids is 1. The van der Waals surface area contributed by atoms with Crippen LogP contribution >= 0.6 is 0 Å². The van der Waals surface area contributed by atoms with Gasteiger partial charge in [-0.15, -0.1) is 0 Å². The predicted octanol–water partition coefficient (Wildman–Crippen LogP) is 1.85. The second kappa shape index (κ2) is 6.91. The Morgan fingerprint density at radius 1 is 1.48 bits per heavy atom. The lowest BCUT2D eigenvalue weighted by Gasteiger charge is -2.17. The van der Waals surface area contributed by atoms with E-state index in [0.717, 1.165) is 22.9 Å². The van der Waals surface area contributed by atoms with Gasteiger partial charge < -0.3 is 16.0 Å². The summed E-state index contributed by atoms with van der Waals surface area (Å²) < 4.78 is 0. The van der Waals surface area contributed by atoms with Crippen molar-refractivity contribution in [1.82, 2.24) is 10.3 Å². The molecular formula is C16H20N4O. The normalized spacial score (nSPS) is 13.6. The molecule has 4 N–H and O–H groups in total. The quantitative estimate of drug-likeness (QED) is 0.755. The second-order valence-electron chi connectivity index (χ2n) is 5.15. The molecule has 1 amide bonds. The van der Waals surface area contributed by atoms with Gasteiger partial charge in [-0.25, -0.2) is 0 Å². The molecule has 0 aliphatic carbocycles. The molecule has 5 nitrogen and oxygen atoms in total. The number of carbonyl (C=O) groups is 1.